The molecule has 0 amide bonds. The highest BCUT2D eigenvalue weighted by molar-refractivity contribution is 7.89. The van der Waals surface area contributed by atoms with Gasteiger partial charge in [-0.15, -0.1) is 0 Å². The Kier molecular flexibility index (Phi) is 6.12. The number of sulfonamides is 1. The van der Waals surface area contributed by atoms with Gasteiger partial charge in [-0.3, -0.25) is 4.68 Å². The number of hydrogen-bond acceptors (Lipinski definition) is 3. The van der Waals surface area contributed by atoms with E-state index in [0.717, 1.165) is 26.8 Å². The van der Waals surface area contributed by atoms with Crippen LogP contribution in [0.25, 0.3) is 0 Å². The Balaban J connectivity index is 1.89. The van der Waals surface area contributed by atoms with Gasteiger partial charge in [0.15, 0.2) is 0 Å². The highest BCUT2D eigenvalue weighted by atomic mass is 35.5. The molecule has 1 heterocycles. The lowest BCUT2D eigenvalue weighted by Crippen LogP contribution is -2.28. The molecule has 0 saturated carbocycles. The number of aromatic nitrogens is 2. The van der Waals surface area contributed by atoms with Gasteiger partial charge < -0.3 is 0 Å². The second-order valence-corrected chi connectivity index (χ2v) is 9.51. The van der Waals surface area contributed by atoms with Crippen LogP contribution in [0.3, 0.4) is 0 Å². The minimum absolute atomic E-state index is 0.0932. The van der Waals surface area contributed by atoms with Crippen LogP contribution in [0.4, 0.5) is 4.39 Å². The Hall–Kier alpha value is -2.22. The molecular formula is C21H23ClFN3O2S. The first kappa shape index (κ1) is 21.5. The van der Waals surface area contributed by atoms with Crippen LogP contribution in [0.1, 0.15) is 28.1 Å². The van der Waals surface area contributed by atoms with E-state index < -0.39 is 15.8 Å². The maximum Gasteiger partial charge on any atom is 0.246 e. The van der Waals surface area contributed by atoms with Gasteiger partial charge in [-0.25, -0.2) is 12.8 Å². The minimum atomic E-state index is -3.98. The molecule has 0 atom stereocenters. The van der Waals surface area contributed by atoms with Gasteiger partial charge in [0, 0.05) is 29.9 Å². The molecule has 1 aromatic heterocycles. The normalized spacial score (nSPS) is 12.0. The molecule has 0 aliphatic heterocycles. The van der Waals surface area contributed by atoms with E-state index in [-0.39, 0.29) is 11.4 Å². The smallest absolute Gasteiger partial charge is 0.246 e. The monoisotopic (exact) mass is 435 g/mol. The first-order chi connectivity index (χ1) is 13.6. The van der Waals surface area contributed by atoms with E-state index >= 15 is 0 Å². The lowest BCUT2D eigenvalue weighted by atomic mass is 10.2. The summed E-state index contributed by atoms with van der Waals surface area (Å²) in [5, 5.41) is 5.20. The summed E-state index contributed by atoms with van der Waals surface area (Å²) in [7, 11) is -2.53. The van der Waals surface area contributed by atoms with E-state index in [0.29, 0.717) is 17.1 Å². The summed E-state index contributed by atoms with van der Waals surface area (Å²) in [5.74, 6) is -0.759. The van der Waals surface area contributed by atoms with Gasteiger partial charge in [-0.2, -0.15) is 9.40 Å². The number of nitrogens with zero attached hydrogens (tertiary/aromatic N) is 3. The third-order valence-electron chi connectivity index (χ3n) is 4.97. The Morgan fingerprint density at radius 1 is 1.14 bits per heavy atom. The molecule has 0 aliphatic rings. The van der Waals surface area contributed by atoms with Crippen LogP contribution >= 0.6 is 11.6 Å². The van der Waals surface area contributed by atoms with Crippen LogP contribution in [0.2, 0.25) is 5.02 Å². The lowest BCUT2D eigenvalue weighted by molar-refractivity contribution is 0.458. The van der Waals surface area contributed by atoms with Crippen molar-refractivity contribution in [2.24, 2.45) is 0 Å². The highest BCUT2D eigenvalue weighted by Gasteiger charge is 2.26. The van der Waals surface area contributed by atoms with Crippen LogP contribution < -0.4 is 0 Å². The number of benzene rings is 2. The zero-order valence-corrected chi connectivity index (χ0v) is 18.4. The molecule has 29 heavy (non-hydrogen) atoms. The van der Waals surface area contributed by atoms with E-state index in [1.807, 2.05) is 38.1 Å². The van der Waals surface area contributed by atoms with E-state index in [1.54, 1.807) is 17.7 Å². The zero-order valence-electron chi connectivity index (χ0n) is 16.8. The fourth-order valence-electron chi connectivity index (χ4n) is 3.19. The van der Waals surface area contributed by atoms with Crippen molar-refractivity contribution in [3.63, 3.8) is 0 Å². The quantitative estimate of drug-likeness (QED) is 0.574. The largest absolute Gasteiger partial charge is 0.265 e. The topological polar surface area (TPSA) is 55.2 Å². The molecule has 8 heteroatoms. The number of aryl methyl sites for hydroxylation is 2. The summed E-state index contributed by atoms with van der Waals surface area (Å²) in [5.41, 5.74) is 3.96. The van der Waals surface area contributed by atoms with Crippen molar-refractivity contribution in [2.75, 3.05) is 7.05 Å². The summed E-state index contributed by atoms with van der Waals surface area (Å²) >= 11 is 6.25. The van der Waals surface area contributed by atoms with Crippen LogP contribution in [-0.2, 0) is 23.1 Å². The van der Waals surface area contributed by atoms with Crippen molar-refractivity contribution in [2.45, 2.75) is 38.8 Å². The molecule has 154 valence electrons. The number of halogens is 2. The molecule has 5 nitrogen and oxygen atoms in total. The molecule has 3 rings (SSSR count). The fraction of sp³-hybridized carbons (Fsp3) is 0.286. The summed E-state index contributed by atoms with van der Waals surface area (Å²) in [4.78, 5) is -0.321. The first-order valence-corrected chi connectivity index (χ1v) is 10.9. The van der Waals surface area contributed by atoms with Gasteiger partial charge >= 0.3 is 0 Å². The maximum absolute atomic E-state index is 14.2. The van der Waals surface area contributed by atoms with Gasteiger partial charge in [-0.1, -0.05) is 35.9 Å². The molecule has 0 unspecified atom stereocenters. The SMILES string of the molecule is Cc1ccc(F)c(S(=O)(=O)N(C)Cc2c(C)nn(Cc3ccccc3Cl)c2C)c1. The van der Waals surface area contributed by atoms with Gasteiger partial charge in [0.05, 0.1) is 12.2 Å². The van der Waals surface area contributed by atoms with Crippen LogP contribution in [-0.4, -0.2) is 29.6 Å². The van der Waals surface area contributed by atoms with Gasteiger partial charge in [0.25, 0.3) is 0 Å². The fourth-order valence-corrected chi connectivity index (χ4v) is 4.67. The zero-order chi connectivity index (χ0) is 21.3. The molecular weight excluding hydrogens is 413 g/mol. The molecule has 0 N–H and O–H groups in total. The van der Waals surface area contributed by atoms with E-state index in [2.05, 4.69) is 5.10 Å². The molecule has 2 aromatic carbocycles. The van der Waals surface area contributed by atoms with Crippen molar-refractivity contribution in [1.82, 2.24) is 14.1 Å². The average molecular weight is 436 g/mol. The van der Waals surface area contributed by atoms with Crippen molar-refractivity contribution in [3.8, 4) is 0 Å². The second kappa shape index (κ2) is 8.26. The Bertz CT molecular complexity index is 1160. The summed E-state index contributed by atoms with van der Waals surface area (Å²) in [6, 6.07) is 11.6. The van der Waals surface area contributed by atoms with Gasteiger partial charge in [-0.05, 0) is 50.1 Å². The second-order valence-electron chi connectivity index (χ2n) is 7.09. The van der Waals surface area contributed by atoms with Crippen molar-refractivity contribution in [3.05, 3.63) is 81.4 Å². The van der Waals surface area contributed by atoms with E-state index in [1.165, 1.54) is 19.2 Å². The van der Waals surface area contributed by atoms with Crippen molar-refractivity contribution < 1.29 is 12.8 Å². The Morgan fingerprint density at radius 2 is 1.83 bits per heavy atom. The predicted molar refractivity (Wildman–Crippen MR) is 112 cm³/mol. The molecule has 0 fully saturated rings. The molecule has 0 spiro atoms. The third-order valence-corrected chi connectivity index (χ3v) is 7.15. The summed E-state index contributed by atoms with van der Waals surface area (Å²) < 4.78 is 43.0. The molecule has 0 radical (unpaired) electrons. The maximum atomic E-state index is 14.2. The molecule has 0 saturated heterocycles. The predicted octanol–water partition coefficient (Wildman–Crippen LogP) is 4.47. The van der Waals surface area contributed by atoms with Crippen molar-refractivity contribution >= 4 is 21.6 Å². The molecule has 3 aromatic rings. The van der Waals surface area contributed by atoms with E-state index in [4.69, 9.17) is 11.6 Å². The number of rotatable bonds is 6. The molecule has 0 bridgehead atoms. The van der Waals surface area contributed by atoms with Gasteiger partial charge in [0.1, 0.15) is 10.7 Å². The van der Waals surface area contributed by atoms with E-state index in [9.17, 15) is 12.8 Å². The minimum Gasteiger partial charge on any atom is -0.265 e. The van der Waals surface area contributed by atoms with Crippen LogP contribution in [0.5, 0.6) is 0 Å². The number of hydrogen-bond donors (Lipinski definition) is 0. The summed E-state index contributed by atoms with van der Waals surface area (Å²) in [6.07, 6.45) is 0. The lowest BCUT2D eigenvalue weighted by Gasteiger charge is -2.18. The standard InChI is InChI=1S/C21H23ClFN3O2S/c1-14-9-10-20(23)21(11-14)29(27,28)25(4)13-18-15(2)24-26(16(18)3)12-17-7-5-6-8-19(17)22/h5-11H,12-13H2,1-4H3. The first-order valence-electron chi connectivity index (χ1n) is 9.10. The highest BCUT2D eigenvalue weighted by Crippen LogP contribution is 2.24. The van der Waals surface area contributed by atoms with Crippen LogP contribution in [0, 0.1) is 26.6 Å². The Morgan fingerprint density at radius 3 is 2.52 bits per heavy atom. The summed E-state index contributed by atoms with van der Waals surface area (Å²) in [6.45, 7) is 6.02. The third kappa shape index (κ3) is 4.37. The average Bonchev–Trinajstić information content (AvgIpc) is 2.92. The van der Waals surface area contributed by atoms with Gasteiger partial charge in [0.2, 0.25) is 10.0 Å². The van der Waals surface area contributed by atoms with Crippen LogP contribution in [0.15, 0.2) is 47.4 Å². The Labute approximate surface area is 175 Å². The molecule has 0 aliphatic carbocycles. The van der Waals surface area contributed by atoms with Crippen molar-refractivity contribution in [1.29, 1.82) is 0 Å².